The minimum Gasteiger partial charge on any atom is -0.486 e. The lowest BCUT2D eigenvalue weighted by Crippen LogP contribution is -2.24. The molecular formula is C13H18N2O. The van der Waals surface area contributed by atoms with Crippen LogP contribution in [0, 0.1) is 0 Å². The summed E-state index contributed by atoms with van der Waals surface area (Å²) in [7, 11) is 0. The third-order valence-corrected chi connectivity index (χ3v) is 2.67. The molecule has 86 valence electrons. The molecule has 1 aliphatic rings. The number of benzene rings is 1. The number of hydrogen-bond acceptors (Lipinski definition) is 3. The molecule has 0 bridgehead atoms. The number of aliphatic imine (C=N–C) groups is 1. The van der Waals surface area contributed by atoms with Crippen LogP contribution in [-0.2, 0) is 0 Å². The molecule has 0 saturated heterocycles. The molecule has 0 aliphatic carbocycles. The van der Waals surface area contributed by atoms with Gasteiger partial charge in [-0.05, 0) is 23.6 Å². The molecule has 0 unspecified atom stereocenters. The molecule has 0 spiro atoms. The monoisotopic (exact) mass is 218 g/mol. The molecule has 0 atom stereocenters. The van der Waals surface area contributed by atoms with E-state index in [1.165, 1.54) is 5.56 Å². The largest absolute Gasteiger partial charge is 0.486 e. The molecule has 1 aromatic carbocycles. The molecular weight excluding hydrogens is 200 g/mol. The highest BCUT2D eigenvalue weighted by molar-refractivity contribution is 5.84. The summed E-state index contributed by atoms with van der Waals surface area (Å²) < 4.78 is 5.63. The molecule has 0 aromatic heterocycles. The highest BCUT2D eigenvalue weighted by Gasteiger charge is 2.05. The van der Waals surface area contributed by atoms with Gasteiger partial charge in [0.15, 0.2) is 0 Å². The van der Waals surface area contributed by atoms with Gasteiger partial charge in [-0.15, -0.1) is 0 Å². The van der Waals surface area contributed by atoms with Gasteiger partial charge in [0, 0.05) is 6.54 Å². The van der Waals surface area contributed by atoms with E-state index in [1.54, 1.807) is 0 Å². The van der Waals surface area contributed by atoms with Gasteiger partial charge in [-0.2, -0.15) is 0 Å². The highest BCUT2D eigenvalue weighted by atomic mass is 16.5. The fourth-order valence-corrected chi connectivity index (χ4v) is 1.64. The first-order valence-electron chi connectivity index (χ1n) is 5.75. The summed E-state index contributed by atoms with van der Waals surface area (Å²) in [5.41, 5.74) is 1.34. The van der Waals surface area contributed by atoms with Gasteiger partial charge in [0.2, 0.25) is 0 Å². The highest BCUT2D eigenvalue weighted by Crippen LogP contribution is 2.18. The predicted octanol–water partition coefficient (Wildman–Crippen LogP) is 2.19. The number of nitrogens with one attached hydrogen (secondary N) is 1. The maximum atomic E-state index is 5.63. The van der Waals surface area contributed by atoms with Crippen LogP contribution in [0.4, 0.5) is 0 Å². The predicted molar refractivity (Wildman–Crippen MR) is 66.3 cm³/mol. The van der Waals surface area contributed by atoms with E-state index in [9.17, 15) is 0 Å². The van der Waals surface area contributed by atoms with Crippen LogP contribution in [0.3, 0.4) is 0 Å². The van der Waals surface area contributed by atoms with Gasteiger partial charge >= 0.3 is 0 Å². The van der Waals surface area contributed by atoms with Crippen LogP contribution in [-0.4, -0.2) is 25.5 Å². The quantitative estimate of drug-likeness (QED) is 0.840. The van der Waals surface area contributed by atoms with Gasteiger partial charge in [0.05, 0.1) is 6.54 Å². The van der Waals surface area contributed by atoms with Gasteiger partial charge < -0.3 is 10.1 Å². The Labute approximate surface area is 96.5 Å². The van der Waals surface area contributed by atoms with Crippen LogP contribution in [0.2, 0.25) is 0 Å². The smallest absolute Gasteiger partial charge is 0.145 e. The Morgan fingerprint density at radius 3 is 2.62 bits per heavy atom. The Balaban J connectivity index is 1.89. The normalized spacial score (nSPS) is 14.8. The summed E-state index contributed by atoms with van der Waals surface area (Å²) in [6.45, 7) is 6.72. The summed E-state index contributed by atoms with van der Waals surface area (Å²) in [6.07, 6.45) is 0. The second-order valence-corrected chi connectivity index (χ2v) is 4.27. The van der Waals surface area contributed by atoms with Gasteiger partial charge in [-0.1, -0.05) is 26.0 Å². The van der Waals surface area contributed by atoms with E-state index in [-0.39, 0.29) is 0 Å². The van der Waals surface area contributed by atoms with Crippen molar-refractivity contribution in [3.8, 4) is 5.75 Å². The molecule has 16 heavy (non-hydrogen) atoms. The van der Waals surface area contributed by atoms with Crippen LogP contribution in [0.1, 0.15) is 25.3 Å². The fourth-order valence-electron chi connectivity index (χ4n) is 1.64. The van der Waals surface area contributed by atoms with Crippen molar-refractivity contribution in [2.45, 2.75) is 19.8 Å². The van der Waals surface area contributed by atoms with Crippen LogP contribution in [0.15, 0.2) is 29.3 Å². The fraction of sp³-hybridized carbons (Fsp3) is 0.462. The first-order chi connectivity index (χ1) is 7.75. The molecule has 1 heterocycles. The lowest BCUT2D eigenvalue weighted by molar-refractivity contribution is 0.373. The Morgan fingerprint density at radius 2 is 2.06 bits per heavy atom. The van der Waals surface area contributed by atoms with E-state index < -0.39 is 0 Å². The average Bonchev–Trinajstić information content (AvgIpc) is 2.80. The zero-order valence-electron chi connectivity index (χ0n) is 9.86. The number of rotatable bonds is 4. The lowest BCUT2D eigenvalue weighted by Gasteiger charge is -2.09. The maximum Gasteiger partial charge on any atom is 0.145 e. The van der Waals surface area contributed by atoms with Crippen LogP contribution >= 0.6 is 0 Å². The van der Waals surface area contributed by atoms with Crippen LogP contribution in [0.25, 0.3) is 0 Å². The zero-order valence-corrected chi connectivity index (χ0v) is 9.86. The van der Waals surface area contributed by atoms with E-state index >= 15 is 0 Å². The third-order valence-electron chi connectivity index (χ3n) is 2.67. The van der Waals surface area contributed by atoms with Crippen molar-refractivity contribution >= 4 is 5.84 Å². The Morgan fingerprint density at radius 1 is 1.31 bits per heavy atom. The first kappa shape index (κ1) is 11.0. The second kappa shape index (κ2) is 5.01. The van der Waals surface area contributed by atoms with Gasteiger partial charge in [-0.25, -0.2) is 0 Å². The van der Waals surface area contributed by atoms with Crippen molar-refractivity contribution in [1.29, 1.82) is 0 Å². The summed E-state index contributed by atoms with van der Waals surface area (Å²) in [5.74, 6) is 2.42. The molecule has 0 fully saturated rings. The molecule has 2 rings (SSSR count). The van der Waals surface area contributed by atoms with E-state index in [4.69, 9.17) is 4.74 Å². The number of amidine groups is 1. The standard InChI is InChI=1S/C13H18N2O/c1-10(2)11-3-5-12(6-4-11)16-9-13-14-7-8-15-13/h3-6,10H,7-9H2,1-2H3,(H,14,15). The SMILES string of the molecule is CC(C)c1ccc(OCC2=NCCN2)cc1. The second-order valence-electron chi connectivity index (χ2n) is 4.27. The van der Waals surface area contributed by atoms with Crippen molar-refractivity contribution in [2.24, 2.45) is 4.99 Å². The molecule has 1 N–H and O–H groups in total. The van der Waals surface area contributed by atoms with Crippen LogP contribution < -0.4 is 10.1 Å². The summed E-state index contributed by atoms with van der Waals surface area (Å²) >= 11 is 0. The number of ether oxygens (including phenoxy) is 1. The van der Waals surface area contributed by atoms with Crippen molar-refractivity contribution in [2.75, 3.05) is 19.7 Å². The minimum absolute atomic E-state index is 0.543. The van der Waals surface area contributed by atoms with E-state index in [0.29, 0.717) is 12.5 Å². The van der Waals surface area contributed by atoms with E-state index in [0.717, 1.165) is 24.7 Å². The topological polar surface area (TPSA) is 33.6 Å². The number of hydrogen-bond donors (Lipinski definition) is 1. The van der Waals surface area contributed by atoms with Crippen molar-refractivity contribution in [3.05, 3.63) is 29.8 Å². The molecule has 0 saturated carbocycles. The third kappa shape index (κ3) is 2.75. The number of nitrogens with zero attached hydrogens (tertiary/aromatic N) is 1. The Hall–Kier alpha value is -1.51. The molecule has 3 nitrogen and oxygen atoms in total. The van der Waals surface area contributed by atoms with Crippen LogP contribution in [0.5, 0.6) is 5.75 Å². The van der Waals surface area contributed by atoms with Gasteiger partial charge in [0.1, 0.15) is 18.2 Å². The minimum atomic E-state index is 0.543. The van der Waals surface area contributed by atoms with Crippen molar-refractivity contribution in [3.63, 3.8) is 0 Å². The molecule has 1 aliphatic heterocycles. The molecule has 3 heteroatoms. The summed E-state index contributed by atoms with van der Waals surface area (Å²) in [4.78, 5) is 4.28. The first-order valence-corrected chi connectivity index (χ1v) is 5.75. The van der Waals surface area contributed by atoms with Gasteiger partial charge in [-0.3, -0.25) is 4.99 Å². The molecule has 0 amide bonds. The summed E-state index contributed by atoms with van der Waals surface area (Å²) in [6, 6.07) is 8.27. The molecule has 1 aromatic rings. The Kier molecular flexibility index (Phi) is 3.44. The van der Waals surface area contributed by atoms with Crippen molar-refractivity contribution in [1.82, 2.24) is 5.32 Å². The lowest BCUT2D eigenvalue weighted by atomic mass is 10.0. The van der Waals surface area contributed by atoms with Gasteiger partial charge in [0.25, 0.3) is 0 Å². The zero-order chi connectivity index (χ0) is 11.4. The average molecular weight is 218 g/mol. The van der Waals surface area contributed by atoms with Crippen molar-refractivity contribution < 1.29 is 4.74 Å². The maximum absolute atomic E-state index is 5.63. The van der Waals surface area contributed by atoms with E-state index in [2.05, 4.69) is 36.3 Å². The van der Waals surface area contributed by atoms with E-state index in [1.807, 2.05) is 12.1 Å². The summed E-state index contributed by atoms with van der Waals surface area (Å²) in [5, 5.41) is 3.18. The molecule has 0 radical (unpaired) electrons. The Bertz CT molecular complexity index is 368.